The zero-order chi connectivity index (χ0) is 24.2. The molecule has 0 aliphatic carbocycles. The third-order valence-electron chi connectivity index (χ3n) is 4.30. The number of anilines is 1. The van der Waals surface area contributed by atoms with Gasteiger partial charge in [0.2, 0.25) is 0 Å². The number of carboxylic acid groups (broad SMARTS) is 1. The molecule has 3 aromatic carbocycles. The van der Waals surface area contributed by atoms with E-state index in [0.717, 1.165) is 23.8 Å². The van der Waals surface area contributed by atoms with Crippen LogP contribution in [-0.4, -0.2) is 39.8 Å². The van der Waals surface area contributed by atoms with Gasteiger partial charge >= 0.3 is 11.8 Å². The molecule has 0 spiro atoms. The summed E-state index contributed by atoms with van der Waals surface area (Å²) < 4.78 is 31.8. The normalized spacial score (nSPS) is 11.2. The highest BCUT2D eigenvalue weighted by atomic mass is 32.2. The SMILES string of the molecule is Cc1cc(N)c(O)c(N=NC(=[N+]=Nc2ccc(S(=O)(=O)O)cc2C(=O)O)c2ccccc2)c1. The molecule has 0 bridgehead atoms. The molecule has 3 aromatic rings. The van der Waals surface area contributed by atoms with Crippen LogP contribution in [0, 0.1) is 6.92 Å². The molecule has 0 radical (unpaired) electrons. The number of aryl methyl sites for hydroxylation is 1. The van der Waals surface area contributed by atoms with E-state index in [0.29, 0.717) is 5.56 Å². The Balaban J connectivity index is 2.15. The summed E-state index contributed by atoms with van der Waals surface area (Å²) in [5.41, 5.74) is 6.51. The minimum atomic E-state index is -4.61. The summed E-state index contributed by atoms with van der Waals surface area (Å²) in [7, 11) is -4.61. The number of rotatable bonds is 5. The van der Waals surface area contributed by atoms with Crippen LogP contribution in [0.4, 0.5) is 17.1 Å². The summed E-state index contributed by atoms with van der Waals surface area (Å²) in [6.07, 6.45) is 0. The lowest BCUT2D eigenvalue weighted by Gasteiger charge is -2.01. The molecule has 0 aromatic heterocycles. The largest absolute Gasteiger partial charge is 0.504 e. The van der Waals surface area contributed by atoms with Crippen LogP contribution >= 0.6 is 0 Å². The fourth-order valence-electron chi connectivity index (χ4n) is 2.72. The maximum atomic E-state index is 11.6. The van der Waals surface area contributed by atoms with Crippen molar-refractivity contribution < 1.29 is 32.8 Å². The molecule has 0 heterocycles. The molecule has 0 saturated carbocycles. The number of benzene rings is 3. The second kappa shape index (κ2) is 9.40. The number of carbonyl (C=O) groups is 1. The minimum absolute atomic E-state index is 0.0229. The van der Waals surface area contributed by atoms with E-state index in [1.54, 1.807) is 49.4 Å². The molecule has 3 rings (SSSR count). The van der Waals surface area contributed by atoms with Crippen LogP contribution in [0.3, 0.4) is 0 Å². The third kappa shape index (κ3) is 5.66. The summed E-state index contributed by atoms with van der Waals surface area (Å²) in [6.45, 7) is 1.76. The number of phenolic OH excluding ortho intramolecular Hbond substituents is 1. The van der Waals surface area contributed by atoms with Crippen molar-refractivity contribution in [3.8, 4) is 5.75 Å². The number of nitrogens with two attached hydrogens (primary N) is 1. The summed E-state index contributed by atoms with van der Waals surface area (Å²) in [5, 5.41) is 31.5. The second-order valence-corrected chi connectivity index (χ2v) is 8.19. The van der Waals surface area contributed by atoms with Crippen LogP contribution in [-0.2, 0) is 10.1 Å². The minimum Gasteiger partial charge on any atom is -0.504 e. The quantitative estimate of drug-likeness (QED) is 0.0833. The van der Waals surface area contributed by atoms with Gasteiger partial charge in [-0.3, -0.25) is 4.55 Å². The number of hydrogen-bond acceptors (Lipinski definition) is 7. The Bertz CT molecular complexity index is 1430. The standard InChI is InChI=1S/C21H17N5O6S/c1-12-9-16(22)19(27)18(10-12)24-26-20(13-5-3-2-4-6-13)25-23-17-8-7-14(33(30,31)32)11-15(17)21(28)29/h2-11H,1H3,(H4,22,23,24,28,29,30,31,32)/p+1. The summed E-state index contributed by atoms with van der Waals surface area (Å²) in [5.74, 6) is -1.76. The molecule has 0 aliphatic rings. The highest BCUT2D eigenvalue weighted by molar-refractivity contribution is 7.85. The van der Waals surface area contributed by atoms with E-state index in [1.807, 2.05) is 0 Å². The maximum Gasteiger partial charge on any atom is 0.477 e. The predicted octanol–water partition coefficient (Wildman–Crippen LogP) is 3.75. The first-order chi connectivity index (χ1) is 15.6. The van der Waals surface area contributed by atoms with Gasteiger partial charge in [0.1, 0.15) is 10.8 Å². The van der Waals surface area contributed by atoms with Crippen molar-refractivity contribution in [1.82, 2.24) is 0 Å². The van der Waals surface area contributed by atoms with Crippen molar-refractivity contribution in [3.63, 3.8) is 0 Å². The van der Waals surface area contributed by atoms with Crippen LogP contribution < -0.4 is 5.73 Å². The molecule has 12 heteroatoms. The Morgan fingerprint density at radius 1 is 1.03 bits per heavy atom. The number of aromatic carboxylic acids is 1. The van der Waals surface area contributed by atoms with E-state index in [4.69, 9.17) is 10.3 Å². The molecular weight excluding hydrogens is 450 g/mol. The monoisotopic (exact) mass is 468 g/mol. The summed E-state index contributed by atoms with van der Waals surface area (Å²) >= 11 is 0. The zero-order valence-electron chi connectivity index (χ0n) is 17.1. The highest BCUT2D eigenvalue weighted by Gasteiger charge is 2.20. The van der Waals surface area contributed by atoms with Crippen LogP contribution in [0.1, 0.15) is 21.5 Å². The first kappa shape index (κ1) is 23.3. The number of hydrogen-bond donors (Lipinski definition) is 4. The molecule has 11 nitrogen and oxygen atoms in total. The predicted molar refractivity (Wildman–Crippen MR) is 118 cm³/mol. The van der Waals surface area contributed by atoms with E-state index >= 15 is 0 Å². The molecule has 0 aliphatic heterocycles. The summed E-state index contributed by atoms with van der Waals surface area (Å²) in [6, 6.07) is 14.5. The van der Waals surface area contributed by atoms with Gasteiger partial charge in [-0.15, -0.1) is 0 Å². The molecule has 5 N–H and O–H groups in total. The van der Waals surface area contributed by atoms with E-state index < -0.39 is 26.5 Å². The lowest BCUT2D eigenvalue weighted by atomic mass is 10.2. The first-order valence-corrected chi connectivity index (χ1v) is 10.7. The highest BCUT2D eigenvalue weighted by Crippen LogP contribution is 2.34. The first-order valence-electron chi connectivity index (χ1n) is 9.26. The van der Waals surface area contributed by atoms with Gasteiger partial charge in [0.25, 0.3) is 10.1 Å². The van der Waals surface area contributed by atoms with Crippen molar-refractivity contribution in [1.29, 1.82) is 0 Å². The second-order valence-electron chi connectivity index (χ2n) is 6.77. The number of carboxylic acids is 1. The van der Waals surface area contributed by atoms with Gasteiger partial charge in [0, 0.05) is 5.11 Å². The smallest absolute Gasteiger partial charge is 0.477 e. The van der Waals surface area contributed by atoms with Crippen molar-refractivity contribution in [2.24, 2.45) is 15.3 Å². The van der Waals surface area contributed by atoms with E-state index in [-0.39, 0.29) is 28.6 Å². The Labute approximate surface area is 188 Å². The molecule has 168 valence electrons. The lowest BCUT2D eigenvalue weighted by Crippen LogP contribution is -2.03. The number of azo groups is 1. The molecule has 0 unspecified atom stereocenters. The number of nitrogen functional groups attached to an aromatic ring is 1. The zero-order valence-corrected chi connectivity index (χ0v) is 17.9. The fraction of sp³-hybridized carbons (Fsp3) is 0.0476. The molecule has 0 fully saturated rings. The third-order valence-corrected chi connectivity index (χ3v) is 5.15. The van der Waals surface area contributed by atoms with Crippen molar-refractivity contribution >= 4 is 39.0 Å². The van der Waals surface area contributed by atoms with Gasteiger partial charge in [0.15, 0.2) is 11.4 Å². The topological polar surface area (TPSA) is 189 Å². The fourth-order valence-corrected chi connectivity index (χ4v) is 3.23. The van der Waals surface area contributed by atoms with Gasteiger partial charge in [-0.05, 0) is 60.1 Å². The Hall–Kier alpha value is -4.38. The summed E-state index contributed by atoms with van der Waals surface area (Å²) in [4.78, 5) is 14.9. The van der Waals surface area contributed by atoms with Crippen LogP contribution in [0.5, 0.6) is 5.75 Å². The van der Waals surface area contributed by atoms with Crippen molar-refractivity contribution in [2.75, 3.05) is 5.73 Å². The lowest BCUT2D eigenvalue weighted by molar-refractivity contribution is -0.0783. The molecule has 33 heavy (non-hydrogen) atoms. The van der Waals surface area contributed by atoms with Gasteiger partial charge in [-0.1, -0.05) is 23.0 Å². The Morgan fingerprint density at radius 2 is 1.73 bits per heavy atom. The van der Waals surface area contributed by atoms with Crippen molar-refractivity contribution in [3.05, 3.63) is 77.4 Å². The van der Waals surface area contributed by atoms with Gasteiger partial charge < -0.3 is 15.9 Å². The number of amidine groups is 1. The van der Waals surface area contributed by atoms with Gasteiger partial charge in [0.05, 0.1) is 21.7 Å². The van der Waals surface area contributed by atoms with Crippen LogP contribution in [0.2, 0.25) is 0 Å². The number of aromatic hydroxyl groups is 1. The maximum absolute atomic E-state index is 11.6. The van der Waals surface area contributed by atoms with E-state index in [1.165, 1.54) is 0 Å². The number of phenols is 1. The molecule has 0 saturated heterocycles. The average molecular weight is 468 g/mol. The Morgan fingerprint density at radius 3 is 2.36 bits per heavy atom. The van der Waals surface area contributed by atoms with E-state index in [2.05, 4.69) is 20.1 Å². The van der Waals surface area contributed by atoms with Gasteiger partial charge in [-0.25, -0.2) is 4.79 Å². The van der Waals surface area contributed by atoms with E-state index in [9.17, 15) is 23.4 Å². The number of nitrogens with zero attached hydrogens (tertiary/aromatic N) is 4. The Kier molecular flexibility index (Phi) is 6.64. The average Bonchev–Trinajstić information content (AvgIpc) is 2.76. The molecular formula is C21H18N5O6S+. The van der Waals surface area contributed by atoms with Crippen LogP contribution in [0.15, 0.2) is 80.9 Å². The van der Waals surface area contributed by atoms with Crippen LogP contribution in [0.25, 0.3) is 0 Å². The van der Waals surface area contributed by atoms with Crippen molar-refractivity contribution in [2.45, 2.75) is 11.8 Å². The molecule has 0 amide bonds. The molecule has 0 atom stereocenters. The van der Waals surface area contributed by atoms with Gasteiger partial charge in [-0.2, -0.15) is 8.42 Å².